The number of quaternary nitrogens is 1. The first kappa shape index (κ1) is 18.3. The molecule has 0 unspecified atom stereocenters. The van der Waals surface area contributed by atoms with Crippen molar-refractivity contribution in [2.75, 3.05) is 34.3 Å². The molecule has 1 aliphatic heterocycles. The topological polar surface area (TPSA) is 64.2 Å². The number of para-hydroxylation sites is 2. The second-order valence-corrected chi connectivity index (χ2v) is 7.27. The van der Waals surface area contributed by atoms with E-state index in [1.807, 2.05) is 38.4 Å². The van der Waals surface area contributed by atoms with Gasteiger partial charge in [0, 0.05) is 5.56 Å². The summed E-state index contributed by atoms with van der Waals surface area (Å²) in [6, 6.07) is 14.0. The third kappa shape index (κ3) is 2.86. The highest BCUT2D eigenvalue weighted by Gasteiger charge is 2.43. The number of ether oxygens (including phenoxy) is 1. The SMILES string of the molecule is COc1ccccc1[C@@H]1c2c(oc3ccccc3c2=O)C(=O)N1CC[NH+](C)C. The highest BCUT2D eigenvalue weighted by Crippen LogP contribution is 2.41. The van der Waals surface area contributed by atoms with Crippen LogP contribution in [0.25, 0.3) is 11.0 Å². The van der Waals surface area contributed by atoms with Crippen molar-refractivity contribution in [3.8, 4) is 5.75 Å². The largest absolute Gasteiger partial charge is 0.496 e. The Bertz CT molecular complexity index is 1100. The van der Waals surface area contributed by atoms with Gasteiger partial charge in [0.2, 0.25) is 5.76 Å². The molecule has 0 fully saturated rings. The van der Waals surface area contributed by atoms with Gasteiger partial charge in [0.1, 0.15) is 11.3 Å². The van der Waals surface area contributed by atoms with Gasteiger partial charge in [-0.1, -0.05) is 30.3 Å². The maximum atomic E-state index is 13.3. The van der Waals surface area contributed by atoms with Crippen molar-refractivity contribution in [2.24, 2.45) is 0 Å². The molecular weight excluding hydrogens is 356 g/mol. The molecule has 6 heteroatoms. The zero-order chi connectivity index (χ0) is 19.8. The van der Waals surface area contributed by atoms with E-state index in [1.165, 1.54) is 4.90 Å². The van der Waals surface area contributed by atoms with Crippen molar-refractivity contribution >= 4 is 16.9 Å². The van der Waals surface area contributed by atoms with Crippen LogP contribution >= 0.6 is 0 Å². The first-order chi connectivity index (χ1) is 13.5. The lowest BCUT2D eigenvalue weighted by atomic mass is 9.97. The van der Waals surface area contributed by atoms with E-state index in [2.05, 4.69) is 0 Å². The van der Waals surface area contributed by atoms with Crippen LogP contribution < -0.4 is 15.1 Å². The van der Waals surface area contributed by atoms with Crippen LogP contribution in [0.1, 0.15) is 27.7 Å². The Morgan fingerprint density at radius 2 is 1.79 bits per heavy atom. The molecule has 4 rings (SSSR count). The third-order valence-corrected chi connectivity index (χ3v) is 5.16. The third-order valence-electron chi connectivity index (χ3n) is 5.16. The van der Waals surface area contributed by atoms with E-state index in [1.54, 1.807) is 36.3 Å². The molecule has 144 valence electrons. The van der Waals surface area contributed by atoms with E-state index in [4.69, 9.17) is 9.15 Å². The van der Waals surface area contributed by atoms with Crippen LogP contribution in [0.5, 0.6) is 5.75 Å². The van der Waals surface area contributed by atoms with Crippen molar-refractivity contribution in [2.45, 2.75) is 6.04 Å². The van der Waals surface area contributed by atoms with Crippen LogP contribution in [-0.4, -0.2) is 45.1 Å². The highest BCUT2D eigenvalue weighted by molar-refractivity contribution is 5.99. The molecule has 1 N–H and O–H groups in total. The molecular formula is C22H23N2O4+. The Kier molecular flexibility index (Phi) is 4.65. The van der Waals surface area contributed by atoms with Crippen molar-refractivity contribution in [3.05, 3.63) is 75.6 Å². The second-order valence-electron chi connectivity index (χ2n) is 7.27. The number of hydrogen-bond donors (Lipinski definition) is 1. The lowest BCUT2D eigenvalue weighted by molar-refractivity contribution is -0.857. The Hall–Kier alpha value is -3.12. The minimum atomic E-state index is -0.529. The van der Waals surface area contributed by atoms with Crippen LogP contribution in [0.3, 0.4) is 0 Å². The minimum absolute atomic E-state index is 0.133. The molecule has 1 aliphatic rings. The van der Waals surface area contributed by atoms with Crippen LogP contribution in [-0.2, 0) is 0 Å². The summed E-state index contributed by atoms with van der Waals surface area (Å²) in [5.74, 6) is 0.520. The molecule has 0 bridgehead atoms. The zero-order valence-corrected chi connectivity index (χ0v) is 16.2. The van der Waals surface area contributed by atoms with Crippen LogP contribution in [0, 0.1) is 0 Å². The Morgan fingerprint density at radius 3 is 2.54 bits per heavy atom. The zero-order valence-electron chi connectivity index (χ0n) is 16.2. The smallest absolute Gasteiger partial charge is 0.291 e. The van der Waals surface area contributed by atoms with E-state index in [0.717, 1.165) is 12.1 Å². The monoisotopic (exact) mass is 379 g/mol. The highest BCUT2D eigenvalue weighted by atomic mass is 16.5. The van der Waals surface area contributed by atoms with Gasteiger partial charge in [-0.25, -0.2) is 0 Å². The summed E-state index contributed by atoms with van der Waals surface area (Å²) in [5.41, 5.74) is 1.44. The van der Waals surface area contributed by atoms with Gasteiger partial charge < -0.3 is 19.0 Å². The predicted octanol–water partition coefficient (Wildman–Crippen LogP) is 1.49. The number of carbonyl (C=O) groups is 1. The van der Waals surface area contributed by atoms with E-state index in [9.17, 15) is 9.59 Å². The lowest BCUT2D eigenvalue weighted by Gasteiger charge is -2.26. The van der Waals surface area contributed by atoms with Crippen LogP contribution in [0.15, 0.2) is 57.7 Å². The number of amides is 1. The number of likely N-dealkylation sites (N-methyl/N-ethyl adjacent to an activating group) is 1. The summed E-state index contributed by atoms with van der Waals surface area (Å²) in [6.07, 6.45) is 0. The summed E-state index contributed by atoms with van der Waals surface area (Å²) in [5, 5.41) is 0.481. The standard InChI is InChI=1S/C22H22N2O4/c1-23(2)12-13-24-19(14-8-4-6-10-16(14)27-3)18-20(25)15-9-5-7-11-17(15)28-21(18)22(24)26/h4-11,19H,12-13H2,1-3H3/p+1/t19-/m1/s1. The van der Waals surface area contributed by atoms with Crippen LogP contribution in [0.4, 0.5) is 0 Å². The Labute approximate surface area is 162 Å². The fourth-order valence-corrected chi connectivity index (χ4v) is 3.76. The van der Waals surface area contributed by atoms with Crippen molar-refractivity contribution < 1.29 is 18.8 Å². The van der Waals surface area contributed by atoms with Gasteiger partial charge in [-0.15, -0.1) is 0 Å². The number of methoxy groups -OCH3 is 1. The van der Waals surface area contributed by atoms with Gasteiger partial charge in [-0.05, 0) is 18.2 Å². The van der Waals surface area contributed by atoms with Gasteiger partial charge in [-0.2, -0.15) is 0 Å². The summed E-state index contributed by atoms with van der Waals surface area (Å²) >= 11 is 0. The van der Waals surface area contributed by atoms with Gasteiger partial charge in [-0.3, -0.25) is 9.59 Å². The predicted molar refractivity (Wildman–Crippen MR) is 106 cm³/mol. The van der Waals surface area contributed by atoms with E-state index in [-0.39, 0.29) is 17.1 Å². The Balaban J connectivity index is 1.97. The lowest BCUT2D eigenvalue weighted by Crippen LogP contribution is -3.06. The van der Waals surface area contributed by atoms with Crippen molar-refractivity contribution in [1.29, 1.82) is 0 Å². The molecule has 1 amide bonds. The number of hydrogen-bond acceptors (Lipinski definition) is 4. The summed E-state index contributed by atoms with van der Waals surface area (Å²) < 4.78 is 11.5. The number of fused-ring (bicyclic) bond motifs is 2. The van der Waals surface area contributed by atoms with Crippen molar-refractivity contribution in [1.82, 2.24) is 4.90 Å². The first-order valence-corrected chi connectivity index (χ1v) is 9.31. The number of rotatable bonds is 5. The van der Waals surface area contributed by atoms with Crippen LogP contribution in [0.2, 0.25) is 0 Å². The minimum Gasteiger partial charge on any atom is -0.496 e. The molecule has 0 saturated carbocycles. The van der Waals surface area contributed by atoms with Crippen molar-refractivity contribution in [3.63, 3.8) is 0 Å². The molecule has 0 radical (unpaired) electrons. The van der Waals surface area contributed by atoms with Gasteiger partial charge >= 0.3 is 0 Å². The molecule has 1 atom stereocenters. The molecule has 0 saturated heterocycles. The molecule has 1 aromatic heterocycles. The summed E-state index contributed by atoms with van der Waals surface area (Å²) in [6.45, 7) is 1.25. The molecule has 0 spiro atoms. The van der Waals surface area contributed by atoms with E-state index in [0.29, 0.717) is 28.8 Å². The maximum absolute atomic E-state index is 13.3. The summed E-state index contributed by atoms with van der Waals surface area (Å²) in [4.78, 5) is 29.5. The first-order valence-electron chi connectivity index (χ1n) is 9.31. The molecule has 6 nitrogen and oxygen atoms in total. The van der Waals surface area contributed by atoms with Gasteiger partial charge in [0.15, 0.2) is 5.43 Å². The maximum Gasteiger partial charge on any atom is 0.291 e. The summed E-state index contributed by atoms with van der Waals surface area (Å²) in [7, 11) is 5.65. The fourth-order valence-electron chi connectivity index (χ4n) is 3.76. The molecule has 0 aliphatic carbocycles. The van der Waals surface area contributed by atoms with E-state index >= 15 is 0 Å². The fraction of sp³-hybridized carbons (Fsp3) is 0.273. The average Bonchev–Trinajstić information content (AvgIpc) is 2.98. The normalized spacial score (nSPS) is 16.1. The molecule has 28 heavy (non-hydrogen) atoms. The Morgan fingerprint density at radius 1 is 1.07 bits per heavy atom. The molecule has 3 aromatic rings. The molecule has 2 heterocycles. The number of carbonyl (C=O) groups excluding carboxylic acids is 1. The molecule has 2 aromatic carbocycles. The quantitative estimate of drug-likeness (QED) is 0.730. The van der Waals surface area contributed by atoms with E-state index < -0.39 is 6.04 Å². The average molecular weight is 379 g/mol. The van der Waals surface area contributed by atoms with Gasteiger partial charge in [0.25, 0.3) is 5.91 Å². The number of benzene rings is 2. The van der Waals surface area contributed by atoms with Gasteiger partial charge in [0.05, 0.1) is 51.3 Å². The number of nitrogens with one attached hydrogen (secondary N) is 1. The number of nitrogens with zero attached hydrogens (tertiary/aromatic N) is 1. The second kappa shape index (κ2) is 7.13.